The highest BCUT2D eigenvalue weighted by molar-refractivity contribution is 5.69. The Kier molecular flexibility index (Phi) is 5.35. The maximum absolute atomic E-state index is 12.6. The molecule has 1 aromatic carbocycles. The molecule has 1 aromatic rings. The molecule has 25 heavy (non-hydrogen) atoms. The normalized spacial score (nSPS) is 26.2. The Morgan fingerprint density at radius 3 is 2.68 bits per heavy atom. The summed E-state index contributed by atoms with van der Waals surface area (Å²) < 4.78 is 17.6. The van der Waals surface area contributed by atoms with E-state index in [4.69, 9.17) is 14.2 Å². The Balaban J connectivity index is 1.79. The summed E-state index contributed by atoms with van der Waals surface area (Å²) in [6.07, 6.45) is 3.29. The van der Waals surface area contributed by atoms with Crippen LogP contribution in [-0.4, -0.2) is 42.6 Å². The van der Waals surface area contributed by atoms with Crippen LogP contribution in [0.15, 0.2) is 24.3 Å². The lowest BCUT2D eigenvalue weighted by molar-refractivity contribution is -0.196. The van der Waals surface area contributed by atoms with Crippen molar-refractivity contribution in [3.63, 3.8) is 0 Å². The summed E-state index contributed by atoms with van der Waals surface area (Å²) in [5.74, 6) is 0. The fourth-order valence-electron chi connectivity index (χ4n) is 3.58. The number of amides is 1. The predicted molar refractivity (Wildman–Crippen MR) is 95.3 cm³/mol. The molecule has 1 amide bonds. The molecule has 138 valence electrons. The molecule has 1 heterocycles. The van der Waals surface area contributed by atoms with E-state index in [0.717, 1.165) is 37.9 Å². The van der Waals surface area contributed by atoms with Crippen LogP contribution in [0.2, 0.25) is 0 Å². The van der Waals surface area contributed by atoms with Gasteiger partial charge in [-0.15, -0.1) is 0 Å². The molecule has 1 aliphatic heterocycles. The topological polar surface area (TPSA) is 48.0 Å². The zero-order chi connectivity index (χ0) is 18.0. The van der Waals surface area contributed by atoms with Gasteiger partial charge in [-0.25, -0.2) is 4.79 Å². The van der Waals surface area contributed by atoms with Gasteiger partial charge in [-0.1, -0.05) is 24.3 Å². The van der Waals surface area contributed by atoms with E-state index in [-0.39, 0.29) is 24.5 Å². The highest BCUT2D eigenvalue weighted by Crippen LogP contribution is 2.39. The van der Waals surface area contributed by atoms with Crippen molar-refractivity contribution in [2.75, 3.05) is 13.7 Å². The van der Waals surface area contributed by atoms with Crippen molar-refractivity contribution in [1.29, 1.82) is 0 Å². The molecule has 0 aromatic heterocycles. The molecule has 0 spiro atoms. The van der Waals surface area contributed by atoms with Gasteiger partial charge in [0.15, 0.2) is 6.29 Å². The monoisotopic (exact) mass is 347 g/mol. The molecule has 0 bridgehead atoms. The highest BCUT2D eigenvalue weighted by Gasteiger charge is 2.40. The van der Waals surface area contributed by atoms with E-state index in [1.54, 1.807) is 11.9 Å². The third-order valence-electron chi connectivity index (χ3n) is 4.71. The molecular weight excluding hydrogens is 318 g/mol. The van der Waals surface area contributed by atoms with Crippen LogP contribution in [0.3, 0.4) is 0 Å². The SMILES string of the molecule is CN(C(=O)OC(C)(C)C)[C@@H]1c2ccccc2C[C@@H]1OC1CCCCO1. The van der Waals surface area contributed by atoms with Crippen molar-refractivity contribution in [3.8, 4) is 0 Å². The lowest BCUT2D eigenvalue weighted by Gasteiger charge is -2.34. The number of fused-ring (bicyclic) bond motifs is 1. The number of benzene rings is 1. The van der Waals surface area contributed by atoms with Crippen molar-refractivity contribution in [1.82, 2.24) is 4.90 Å². The minimum absolute atomic E-state index is 0.113. The van der Waals surface area contributed by atoms with Gasteiger partial charge in [-0.2, -0.15) is 0 Å². The van der Waals surface area contributed by atoms with E-state index >= 15 is 0 Å². The summed E-state index contributed by atoms with van der Waals surface area (Å²) in [5.41, 5.74) is 1.84. The molecule has 1 saturated heterocycles. The third-order valence-corrected chi connectivity index (χ3v) is 4.71. The molecule has 2 aliphatic rings. The Hall–Kier alpha value is -1.59. The summed E-state index contributed by atoms with van der Waals surface area (Å²) >= 11 is 0. The van der Waals surface area contributed by atoms with Crippen LogP contribution < -0.4 is 0 Å². The summed E-state index contributed by atoms with van der Waals surface area (Å²) in [4.78, 5) is 14.3. The summed E-state index contributed by atoms with van der Waals surface area (Å²) in [6.45, 7) is 6.39. The first-order chi connectivity index (χ1) is 11.8. The average Bonchev–Trinajstić information content (AvgIpc) is 2.91. The minimum atomic E-state index is -0.522. The van der Waals surface area contributed by atoms with E-state index in [1.807, 2.05) is 32.9 Å². The molecule has 0 radical (unpaired) electrons. The Morgan fingerprint density at radius 2 is 2.00 bits per heavy atom. The van der Waals surface area contributed by atoms with Crippen LogP contribution in [-0.2, 0) is 20.6 Å². The molecule has 1 aliphatic carbocycles. The average molecular weight is 347 g/mol. The maximum Gasteiger partial charge on any atom is 0.410 e. The van der Waals surface area contributed by atoms with Gasteiger partial charge in [0.1, 0.15) is 5.60 Å². The number of carbonyl (C=O) groups excluding carboxylic acids is 1. The van der Waals surface area contributed by atoms with Crippen LogP contribution in [0.4, 0.5) is 4.79 Å². The molecular formula is C20H29NO4. The molecule has 1 fully saturated rings. The van der Waals surface area contributed by atoms with Crippen LogP contribution in [0.25, 0.3) is 0 Å². The molecule has 3 rings (SSSR count). The first kappa shape index (κ1) is 18.2. The van der Waals surface area contributed by atoms with Crippen molar-refractivity contribution in [2.45, 2.75) is 70.5 Å². The van der Waals surface area contributed by atoms with E-state index in [0.29, 0.717) is 0 Å². The van der Waals surface area contributed by atoms with E-state index < -0.39 is 5.60 Å². The largest absolute Gasteiger partial charge is 0.444 e. The van der Waals surface area contributed by atoms with E-state index in [2.05, 4.69) is 12.1 Å². The summed E-state index contributed by atoms with van der Waals surface area (Å²) in [7, 11) is 1.79. The Bertz CT molecular complexity index is 604. The Morgan fingerprint density at radius 1 is 1.24 bits per heavy atom. The van der Waals surface area contributed by atoms with Crippen LogP contribution >= 0.6 is 0 Å². The molecule has 5 heteroatoms. The Labute approximate surface area is 150 Å². The zero-order valence-corrected chi connectivity index (χ0v) is 15.7. The van der Waals surface area contributed by atoms with Crippen molar-refractivity contribution in [3.05, 3.63) is 35.4 Å². The maximum atomic E-state index is 12.6. The van der Waals surface area contributed by atoms with E-state index in [9.17, 15) is 4.79 Å². The van der Waals surface area contributed by atoms with Crippen molar-refractivity contribution < 1.29 is 19.0 Å². The molecule has 0 N–H and O–H groups in total. The second-order valence-electron chi connectivity index (χ2n) is 7.91. The fourth-order valence-corrected chi connectivity index (χ4v) is 3.58. The van der Waals surface area contributed by atoms with Gasteiger partial charge in [-0.3, -0.25) is 0 Å². The molecule has 0 saturated carbocycles. The molecule has 1 unspecified atom stereocenters. The van der Waals surface area contributed by atoms with Gasteiger partial charge in [0, 0.05) is 20.1 Å². The number of hydrogen-bond donors (Lipinski definition) is 0. The molecule has 5 nitrogen and oxygen atoms in total. The summed E-state index contributed by atoms with van der Waals surface area (Å²) in [5, 5.41) is 0. The quantitative estimate of drug-likeness (QED) is 0.827. The number of nitrogens with zero attached hydrogens (tertiary/aromatic N) is 1. The number of hydrogen-bond acceptors (Lipinski definition) is 4. The second-order valence-corrected chi connectivity index (χ2v) is 7.91. The second kappa shape index (κ2) is 7.34. The van der Waals surface area contributed by atoms with Gasteiger partial charge in [-0.05, 0) is 51.2 Å². The lowest BCUT2D eigenvalue weighted by Crippen LogP contribution is -2.42. The number of ether oxygens (including phenoxy) is 3. The number of likely N-dealkylation sites (N-methyl/N-ethyl adjacent to an activating group) is 1. The smallest absolute Gasteiger partial charge is 0.410 e. The van der Waals surface area contributed by atoms with Gasteiger partial charge in [0.05, 0.1) is 12.1 Å². The zero-order valence-electron chi connectivity index (χ0n) is 15.7. The first-order valence-corrected chi connectivity index (χ1v) is 9.16. The number of rotatable bonds is 3. The first-order valence-electron chi connectivity index (χ1n) is 9.16. The van der Waals surface area contributed by atoms with Gasteiger partial charge >= 0.3 is 6.09 Å². The van der Waals surface area contributed by atoms with Crippen molar-refractivity contribution in [2.24, 2.45) is 0 Å². The summed E-state index contributed by atoms with van der Waals surface area (Å²) in [6, 6.07) is 8.07. The van der Waals surface area contributed by atoms with Crippen LogP contribution in [0.1, 0.15) is 57.2 Å². The van der Waals surface area contributed by atoms with Gasteiger partial charge in [0.2, 0.25) is 0 Å². The standard InChI is InChI=1S/C20H29NO4/c1-20(2,3)25-19(22)21(4)18-15-10-6-5-9-14(15)13-16(18)24-17-11-7-8-12-23-17/h5-6,9-10,16-18H,7-8,11-13H2,1-4H3/t16-,17?,18+/m0/s1. The van der Waals surface area contributed by atoms with E-state index in [1.165, 1.54) is 5.56 Å². The predicted octanol–water partition coefficient (Wildman–Crippen LogP) is 4.06. The highest BCUT2D eigenvalue weighted by atomic mass is 16.7. The van der Waals surface area contributed by atoms with Crippen LogP contribution in [0, 0.1) is 0 Å². The van der Waals surface area contributed by atoms with Gasteiger partial charge in [0.25, 0.3) is 0 Å². The lowest BCUT2D eigenvalue weighted by atomic mass is 10.1. The van der Waals surface area contributed by atoms with Crippen LogP contribution in [0.5, 0.6) is 0 Å². The molecule has 3 atom stereocenters. The fraction of sp³-hybridized carbons (Fsp3) is 0.650. The van der Waals surface area contributed by atoms with Gasteiger partial charge < -0.3 is 19.1 Å². The number of carbonyl (C=O) groups is 1. The minimum Gasteiger partial charge on any atom is -0.444 e. The third kappa shape index (κ3) is 4.33. The van der Waals surface area contributed by atoms with Crippen molar-refractivity contribution >= 4 is 6.09 Å².